The van der Waals surface area contributed by atoms with Crippen molar-refractivity contribution in [2.45, 2.75) is 18.7 Å². The van der Waals surface area contributed by atoms with Gasteiger partial charge in [0.1, 0.15) is 5.75 Å². The van der Waals surface area contributed by atoms with Crippen molar-refractivity contribution in [2.75, 3.05) is 18.6 Å². The van der Waals surface area contributed by atoms with E-state index >= 15 is 0 Å². The lowest BCUT2D eigenvalue weighted by Crippen LogP contribution is -1.93. The molecule has 0 bridgehead atoms. The van der Waals surface area contributed by atoms with Gasteiger partial charge in [-0.25, -0.2) is 0 Å². The molecule has 1 aromatic carbocycles. The van der Waals surface area contributed by atoms with Gasteiger partial charge in [-0.05, 0) is 24.1 Å². The van der Waals surface area contributed by atoms with Gasteiger partial charge in [0, 0.05) is 10.6 Å². The molecule has 0 spiro atoms. The molecule has 0 aliphatic heterocycles. The van der Waals surface area contributed by atoms with Crippen molar-refractivity contribution in [1.29, 1.82) is 0 Å². The van der Waals surface area contributed by atoms with Crippen molar-refractivity contribution in [1.82, 2.24) is 0 Å². The Labute approximate surface area is 89.8 Å². The minimum Gasteiger partial charge on any atom is -0.495 e. The lowest BCUT2D eigenvalue weighted by atomic mass is 10.3. The maximum Gasteiger partial charge on any atom is 0.142 e. The molecule has 0 aromatic heterocycles. The van der Waals surface area contributed by atoms with Crippen LogP contribution >= 0.6 is 11.8 Å². The number of anilines is 1. The second-order valence-electron chi connectivity index (χ2n) is 3.61. The van der Waals surface area contributed by atoms with E-state index in [1.807, 2.05) is 30.0 Å². The van der Waals surface area contributed by atoms with Crippen LogP contribution in [0, 0.1) is 5.92 Å². The predicted molar refractivity (Wildman–Crippen MR) is 63.0 cm³/mol. The minimum absolute atomic E-state index is 0.696. The van der Waals surface area contributed by atoms with Crippen LogP contribution in [0.5, 0.6) is 5.75 Å². The van der Waals surface area contributed by atoms with E-state index < -0.39 is 0 Å². The summed E-state index contributed by atoms with van der Waals surface area (Å²) in [4.78, 5) is 1.21. The summed E-state index contributed by atoms with van der Waals surface area (Å²) < 4.78 is 5.15. The number of nitrogen functional groups attached to an aromatic ring is 1. The standard InChI is InChI=1S/C11H17NOS/c1-8(2)7-14-9-4-5-10(12)11(6-9)13-3/h4-6,8H,7,12H2,1-3H3. The fourth-order valence-electron chi connectivity index (χ4n) is 1.04. The van der Waals surface area contributed by atoms with Crippen molar-refractivity contribution >= 4 is 17.4 Å². The molecular formula is C11H17NOS. The van der Waals surface area contributed by atoms with Crippen LogP contribution in [0.4, 0.5) is 5.69 Å². The van der Waals surface area contributed by atoms with Gasteiger partial charge in [-0.1, -0.05) is 13.8 Å². The van der Waals surface area contributed by atoms with Gasteiger partial charge in [0.15, 0.2) is 0 Å². The third-order valence-corrected chi connectivity index (χ3v) is 3.21. The number of methoxy groups -OCH3 is 1. The maximum atomic E-state index is 5.72. The lowest BCUT2D eigenvalue weighted by molar-refractivity contribution is 0.416. The summed E-state index contributed by atoms with van der Waals surface area (Å²) in [5.41, 5.74) is 6.42. The number of hydrogen-bond acceptors (Lipinski definition) is 3. The van der Waals surface area contributed by atoms with Gasteiger partial charge in [0.25, 0.3) is 0 Å². The molecule has 2 N–H and O–H groups in total. The minimum atomic E-state index is 0.696. The van der Waals surface area contributed by atoms with Crippen molar-refractivity contribution in [2.24, 2.45) is 5.92 Å². The van der Waals surface area contributed by atoms with E-state index in [9.17, 15) is 0 Å². The first-order valence-corrected chi connectivity index (χ1v) is 5.68. The molecule has 0 atom stereocenters. The first-order chi connectivity index (χ1) is 6.63. The molecule has 0 saturated carbocycles. The first kappa shape index (κ1) is 11.2. The van der Waals surface area contributed by atoms with Crippen LogP contribution in [-0.2, 0) is 0 Å². The number of benzene rings is 1. The highest BCUT2D eigenvalue weighted by molar-refractivity contribution is 7.99. The molecule has 1 rings (SSSR count). The molecule has 0 amide bonds. The third kappa shape index (κ3) is 3.14. The molecule has 2 nitrogen and oxygen atoms in total. The fraction of sp³-hybridized carbons (Fsp3) is 0.455. The SMILES string of the molecule is COc1cc(SCC(C)C)ccc1N. The lowest BCUT2D eigenvalue weighted by Gasteiger charge is -2.08. The Morgan fingerprint density at radius 3 is 2.71 bits per heavy atom. The van der Waals surface area contributed by atoms with E-state index in [-0.39, 0.29) is 0 Å². The number of hydrogen-bond donors (Lipinski definition) is 1. The van der Waals surface area contributed by atoms with E-state index in [2.05, 4.69) is 13.8 Å². The first-order valence-electron chi connectivity index (χ1n) is 4.69. The molecular weight excluding hydrogens is 194 g/mol. The monoisotopic (exact) mass is 211 g/mol. The number of ether oxygens (including phenoxy) is 1. The highest BCUT2D eigenvalue weighted by Gasteiger charge is 2.02. The van der Waals surface area contributed by atoms with E-state index in [1.54, 1.807) is 7.11 Å². The van der Waals surface area contributed by atoms with Gasteiger partial charge >= 0.3 is 0 Å². The van der Waals surface area contributed by atoms with E-state index in [0.717, 1.165) is 11.5 Å². The molecule has 0 fully saturated rings. The topological polar surface area (TPSA) is 35.2 Å². The van der Waals surface area contributed by atoms with Gasteiger partial charge in [-0.3, -0.25) is 0 Å². The van der Waals surface area contributed by atoms with Crippen LogP contribution in [0.1, 0.15) is 13.8 Å². The molecule has 0 heterocycles. The zero-order chi connectivity index (χ0) is 10.6. The summed E-state index contributed by atoms with van der Waals surface area (Å²) >= 11 is 1.83. The largest absolute Gasteiger partial charge is 0.495 e. The average Bonchev–Trinajstić information content (AvgIpc) is 2.16. The van der Waals surface area contributed by atoms with Crippen molar-refractivity contribution in [3.05, 3.63) is 18.2 Å². The molecule has 0 aliphatic carbocycles. The molecule has 14 heavy (non-hydrogen) atoms. The van der Waals surface area contributed by atoms with Crippen LogP contribution in [-0.4, -0.2) is 12.9 Å². The van der Waals surface area contributed by atoms with Crippen molar-refractivity contribution in [3.8, 4) is 5.75 Å². The Morgan fingerprint density at radius 2 is 2.14 bits per heavy atom. The van der Waals surface area contributed by atoms with E-state index in [4.69, 9.17) is 10.5 Å². The Kier molecular flexibility index (Phi) is 4.14. The van der Waals surface area contributed by atoms with Crippen molar-refractivity contribution in [3.63, 3.8) is 0 Å². The number of thioether (sulfide) groups is 1. The normalized spacial score (nSPS) is 10.6. The van der Waals surface area contributed by atoms with Gasteiger partial charge in [0.05, 0.1) is 12.8 Å². The van der Waals surface area contributed by atoms with Gasteiger partial charge in [-0.2, -0.15) is 0 Å². The van der Waals surface area contributed by atoms with Gasteiger partial charge < -0.3 is 10.5 Å². The maximum absolute atomic E-state index is 5.72. The quantitative estimate of drug-likeness (QED) is 0.614. The summed E-state index contributed by atoms with van der Waals surface area (Å²) in [7, 11) is 1.64. The second kappa shape index (κ2) is 5.15. The Morgan fingerprint density at radius 1 is 1.43 bits per heavy atom. The van der Waals surface area contributed by atoms with E-state index in [1.165, 1.54) is 4.90 Å². The molecule has 0 aliphatic rings. The fourth-order valence-corrected chi connectivity index (χ4v) is 1.92. The van der Waals surface area contributed by atoms with E-state index in [0.29, 0.717) is 11.6 Å². The summed E-state index contributed by atoms with van der Waals surface area (Å²) in [6.07, 6.45) is 0. The van der Waals surface area contributed by atoms with Gasteiger partial charge in [-0.15, -0.1) is 11.8 Å². The Balaban J connectivity index is 2.69. The van der Waals surface area contributed by atoms with Crippen LogP contribution in [0.25, 0.3) is 0 Å². The van der Waals surface area contributed by atoms with Crippen LogP contribution in [0.15, 0.2) is 23.1 Å². The van der Waals surface area contributed by atoms with Crippen LogP contribution in [0.3, 0.4) is 0 Å². The Hall–Kier alpha value is -0.830. The number of rotatable bonds is 4. The Bertz CT molecular complexity index is 299. The average molecular weight is 211 g/mol. The zero-order valence-electron chi connectivity index (χ0n) is 8.91. The molecule has 3 heteroatoms. The van der Waals surface area contributed by atoms with Crippen LogP contribution < -0.4 is 10.5 Å². The highest BCUT2D eigenvalue weighted by Crippen LogP contribution is 2.28. The summed E-state index contributed by atoms with van der Waals surface area (Å²) in [6.45, 7) is 4.42. The van der Waals surface area contributed by atoms with Crippen molar-refractivity contribution < 1.29 is 4.74 Å². The van der Waals surface area contributed by atoms with Crippen LogP contribution in [0.2, 0.25) is 0 Å². The number of nitrogens with two attached hydrogens (primary N) is 1. The summed E-state index contributed by atoms with van der Waals surface area (Å²) in [5.74, 6) is 2.58. The zero-order valence-corrected chi connectivity index (χ0v) is 9.73. The predicted octanol–water partition coefficient (Wildman–Crippen LogP) is 3.03. The summed E-state index contributed by atoms with van der Waals surface area (Å²) in [5, 5.41) is 0. The van der Waals surface area contributed by atoms with Gasteiger partial charge in [0.2, 0.25) is 0 Å². The molecule has 0 unspecified atom stereocenters. The second-order valence-corrected chi connectivity index (χ2v) is 4.70. The summed E-state index contributed by atoms with van der Waals surface area (Å²) in [6, 6.07) is 5.91. The third-order valence-electron chi connectivity index (χ3n) is 1.79. The molecule has 0 saturated heterocycles. The molecule has 1 aromatic rings. The molecule has 78 valence electrons. The highest BCUT2D eigenvalue weighted by atomic mass is 32.2. The molecule has 0 radical (unpaired) electrons. The smallest absolute Gasteiger partial charge is 0.142 e.